The summed E-state index contributed by atoms with van der Waals surface area (Å²) in [6.45, 7) is 0. The summed E-state index contributed by atoms with van der Waals surface area (Å²) < 4.78 is 1.30. The van der Waals surface area contributed by atoms with Gasteiger partial charge in [0.1, 0.15) is 0 Å². The lowest BCUT2D eigenvalue weighted by molar-refractivity contribution is 0.818. The van der Waals surface area contributed by atoms with E-state index in [0.717, 1.165) is 18.4 Å². The number of hydrogen-bond acceptors (Lipinski definition) is 1. The van der Waals surface area contributed by atoms with Gasteiger partial charge in [-0.1, -0.05) is 40.2 Å². The van der Waals surface area contributed by atoms with Gasteiger partial charge in [0.25, 0.3) is 0 Å². The fourth-order valence-corrected chi connectivity index (χ4v) is 2.88. The van der Waals surface area contributed by atoms with E-state index < -0.39 is 0 Å². The Hall–Kier alpha value is -1.41. The first kappa shape index (κ1) is 11.7. The highest BCUT2D eigenvalue weighted by molar-refractivity contribution is 9.11. The van der Waals surface area contributed by atoms with Crippen molar-refractivity contribution in [3.8, 4) is 0 Å². The van der Waals surface area contributed by atoms with E-state index in [1.165, 1.54) is 27.4 Å². The maximum absolute atomic E-state index is 4.49. The van der Waals surface area contributed by atoms with Gasteiger partial charge in [-0.25, -0.2) is 0 Å². The molecule has 3 rings (SSSR count). The van der Waals surface area contributed by atoms with E-state index in [4.69, 9.17) is 0 Å². The van der Waals surface area contributed by atoms with Crippen molar-refractivity contribution in [2.24, 2.45) is 0 Å². The third-order valence-electron chi connectivity index (χ3n) is 3.19. The van der Waals surface area contributed by atoms with Crippen LogP contribution in [-0.4, -0.2) is 4.98 Å². The molecule has 0 spiro atoms. The Morgan fingerprint density at radius 3 is 2.94 bits per heavy atom. The summed E-state index contributed by atoms with van der Waals surface area (Å²) in [7, 11) is 0. The molecule has 0 radical (unpaired) electrons. The summed E-state index contributed by atoms with van der Waals surface area (Å²) in [5, 5.41) is 1.20. The monoisotopic (exact) mass is 299 g/mol. The topological polar surface area (TPSA) is 12.9 Å². The molecule has 1 aliphatic rings. The number of para-hydroxylation sites is 1. The fraction of sp³-hybridized carbons (Fsp3) is 0.188. The zero-order chi connectivity index (χ0) is 12.4. The molecule has 0 N–H and O–H groups in total. The van der Waals surface area contributed by atoms with E-state index in [0.29, 0.717) is 0 Å². The lowest BCUT2D eigenvalue weighted by atomic mass is 10.00. The summed E-state index contributed by atoms with van der Waals surface area (Å²) in [4.78, 5) is 4.49. The van der Waals surface area contributed by atoms with Crippen molar-refractivity contribution in [2.75, 3.05) is 0 Å². The van der Waals surface area contributed by atoms with Crippen LogP contribution >= 0.6 is 15.9 Å². The molecule has 1 nitrogen and oxygen atoms in total. The second-order valence-electron chi connectivity index (χ2n) is 4.63. The minimum atomic E-state index is 1.06. The molecule has 0 amide bonds. The van der Waals surface area contributed by atoms with Crippen LogP contribution in [0, 0.1) is 0 Å². The van der Waals surface area contributed by atoms with Crippen molar-refractivity contribution in [3.05, 3.63) is 58.2 Å². The summed E-state index contributed by atoms with van der Waals surface area (Å²) in [5.41, 5.74) is 3.62. The van der Waals surface area contributed by atoms with Gasteiger partial charge in [-0.2, -0.15) is 0 Å². The van der Waals surface area contributed by atoms with Crippen LogP contribution in [0.1, 0.15) is 24.8 Å². The van der Waals surface area contributed by atoms with Crippen LogP contribution in [0.3, 0.4) is 0 Å². The van der Waals surface area contributed by atoms with Gasteiger partial charge in [0, 0.05) is 11.6 Å². The van der Waals surface area contributed by atoms with E-state index in [2.05, 4.69) is 51.3 Å². The normalized spacial score (nSPS) is 18.1. The molecule has 1 aliphatic carbocycles. The predicted octanol–water partition coefficient (Wildman–Crippen LogP) is 5.08. The molecule has 1 aromatic carbocycles. The Labute approximate surface area is 115 Å². The molecule has 2 aromatic rings. The van der Waals surface area contributed by atoms with Crippen LogP contribution in [0.4, 0.5) is 0 Å². The molecule has 0 fully saturated rings. The molecular formula is C16H14BrN. The number of pyridine rings is 1. The van der Waals surface area contributed by atoms with Gasteiger partial charge >= 0.3 is 0 Å². The maximum atomic E-state index is 4.49. The van der Waals surface area contributed by atoms with Crippen LogP contribution in [0.25, 0.3) is 17.0 Å². The molecule has 18 heavy (non-hydrogen) atoms. The SMILES string of the molecule is BrC1=CC(=Cc2cnc3ccccc3c2)CCC1. The van der Waals surface area contributed by atoms with Crippen molar-refractivity contribution in [1.82, 2.24) is 4.98 Å². The van der Waals surface area contributed by atoms with Crippen LogP contribution in [0.15, 0.2) is 52.7 Å². The summed E-state index contributed by atoms with van der Waals surface area (Å²) >= 11 is 3.59. The highest BCUT2D eigenvalue weighted by Crippen LogP contribution is 2.27. The van der Waals surface area contributed by atoms with Gasteiger partial charge in [-0.15, -0.1) is 0 Å². The zero-order valence-corrected chi connectivity index (χ0v) is 11.7. The van der Waals surface area contributed by atoms with E-state index in [9.17, 15) is 0 Å². The number of rotatable bonds is 1. The molecule has 1 aromatic heterocycles. The van der Waals surface area contributed by atoms with Crippen molar-refractivity contribution >= 4 is 32.9 Å². The average molecular weight is 300 g/mol. The Balaban J connectivity index is 2.00. The lowest BCUT2D eigenvalue weighted by Gasteiger charge is -2.10. The quantitative estimate of drug-likeness (QED) is 0.715. The van der Waals surface area contributed by atoms with E-state index in [1.807, 2.05) is 18.3 Å². The van der Waals surface area contributed by atoms with Gasteiger partial charge in [-0.3, -0.25) is 4.98 Å². The molecule has 1 heterocycles. The van der Waals surface area contributed by atoms with E-state index in [1.54, 1.807) is 0 Å². The number of benzene rings is 1. The van der Waals surface area contributed by atoms with E-state index >= 15 is 0 Å². The number of aromatic nitrogens is 1. The minimum Gasteiger partial charge on any atom is -0.256 e. The molecule has 0 saturated carbocycles. The lowest BCUT2D eigenvalue weighted by Crippen LogP contribution is -1.90. The molecule has 2 heteroatoms. The molecule has 0 saturated heterocycles. The molecule has 0 aliphatic heterocycles. The number of fused-ring (bicyclic) bond motifs is 1. The van der Waals surface area contributed by atoms with Crippen LogP contribution in [0.2, 0.25) is 0 Å². The first-order valence-corrected chi connectivity index (χ1v) is 7.02. The Morgan fingerprint density at radius 2 is 2.06 bits per heavy atom. The second kappa shape index (κ2) is 5.07. The van der Waals surface area contributed by atoms with Gasteiger partial charge < -0.3 is 0 Å². The van der Waals surface area contributed by atoms with Crippen molar-refractivity contribution < 1.29 is 0 Å². The van der Waals surface area contributed by atoms with Crippen molar-refractivity contribution in [3.63, 3.8) is 0 Å². The Morgan fingerprint density at radius 1 is 1.17 bits per heavy atom. The van der Waals surface area contributed by atoms with Crippen molar-refractivity contribution in [2.45, 2.75) is 19.3 Å². The van der Waals surface area contributed by atoms with E-state index in [-0.39, 0.29) is 0 Å². The number of hydrogen-bond donors (Lipinski definition) is 0. The first-order chi connectivity index (χ1) is 8.81. The number of nitrogens with zero attached hydrogens (tertiary/aromatic N) is 1. The maximum Gasteiger partial charge on any atom is 0.0702 e. The molecule has 0 unspecified atom stereocenters. The highest BCUT2D eigenvalue weighted by atomic mass is 79.9. The molecule has 90 valence electrons. The van der Waals surface area contributed by atoms with Crippen LogP contribution < -0.4 is 0 Å². The third-order valence-corrected chi connectivity index (χ3v) is 3.81. The highest BCUT2D eigenvalue weighted by Gasteiger charge is 2.05. The van der Waals surface area contributed by atoms with Crippen LogP contribution in [0.5, 0.6) is 0 Å². The zero-order valence-electron chi connectivity index (χ0n) is 10.1. The fourth-order valence-electron chi connectivity index (χ4n) is 2.30. The first-order valence-electron chi connectivity index (χ1n) is 6.23. The summed E-state index contributed by atoms with van der Waals surface area (Å²) in [6, 6.07) is 10.4. The van der Waals surface area contributed by atoms with Crippen LogP contribution in [-0.2, 0) is 0 Å². The third kappa shape index (κ3) is 2.54. The van der Waals surface area contributed by atoms with Crippen molar-refractivity contribution in [1.29, 1.82) is 0 Å². The molecule has 0 bridgehead atoms. The van der Waals surface area contributed by atoms with Gasteiger partial charge in [0.2, 0.25) is 0 Å². The standard InChI is InChI=1S/C16H14BrN/c17-15-6-3-4-12(10-15)8-13-9-14-5-1-2-7-16(14)18-11-13/h1-2,5,7-11H,3-4,6H2. The smallest absolute Gasteiger partial charge is 0.0702 e. The Kier molecular flexibility index (Phi) is 3.28. The average Bonchev–Trinajstić information content (AvgIpc) is 2.39. The van der Waals surface area contributed by atoms with Gasteiger partial charge in [0.15, 0.2) is 0 Å². The second-order valence-corrected chi connectivity index (χ2v) is 5.64. The molecular weight excluding hydrogens is 286 g/mol. The number of allylic oxidation sites excluding steroid dienone is 3. The molecule has 0 atom stereocenters. The summed E-state index contributed by atoms with van der Waals surface area (Å²) in [5.74, 6) is 0. The predicted molar refractivity (Wildman–Crippen MR) is 80.6 cm³/mol. The van der Waals surface area contributed by atoms with Gasteiger partial charge in [0.05, 0.1) is 5.52 Å². The Bertz CT molecular complexity index is 640. The number of halogens is 1. The summed E-state index contributed by atoms with van der Waals surface area (Å²) in [6.07, 6.45) is 9.96. The van der Waals surface area contributed by atoms with Gasteiger partial charge in [-0.05, 0) is 53.1 Å². The largest absolute Gasteiger partial charge is 0.256 e. The minimum absolute atomic E-state index is 1.06.